The summed E-state index contributed by atoms with van der Waals surface area (Å²) in [6, 6.07) is 18.0. The van der Waals surface area contributed by atoms with Crippen molar-refractivity contribution in [3.8, 4) is 5.75 Å². The fourth-order valence-corrected chi connectivity index (χ4v) is 5.35. The standard InChI is InChI=1S/C31H35N3O4/c1-3-37-25-13-9-12-24(19-25)34(29(35)18-22-20-32-27-15-8-7-14-26(22)27)30(28-17-16-21(2)38-28)31(36)33-23-10-5-4-6-11-23/h7-9,12-17,19-20,23,30,32H,3-6,10-11,18H2,1-2H3,(H,33,36)/t30-/m0/s1. The summed E-state index contributed by atoms with van der Waals surface area (Å²) in [5.74, 6) is 1.31. The molecule has 1 atom stereocenters. The first kappa shape index (κ1) is 25.6. The molecule has 0 spiro atoms. The van der Waals surface area contributed by atoms with E-state index >= 15 is 0 Å². The number of carbonyl (C=O) groups excluding carboxylic acids is 2. The van der Waals surface area contributed by atoms with E-state index in [2.05, 4.69) is 10.3 Å². The molecule has 7 nitrogen and oxygen atoms in total. The van der Waals surface area contributed by atoms with Crippen LogP contribution in [-0.4, -0.2) is 29.4 Å². The second-order valence-electron chi connectivity index (χ2n) is 9.92. The Morgan fingerprint density at radius 3 is 2.66 bits per heavy atom. The van der Waals surface area contributed by atoms with Crippen molar-refractivity contribution >= 4 is 28.4 Å². The van der Waals surface area contributed by atoms with Crippen LogP contribution in [0.5, 0.6) is 5.75 Å². The van der Waals surface area contributed by atoms with Gasteiger partial charge in [0.25, 0.3) is 5.91 Å². The first-order valence-corrected chi connectivity index (χ1v) is 13.5. The number of ether oxygens (including phenoxy) is 1. The largest absolute Gasteiger partial charge is 0.494 e. The van der Waals surface area contributed by atoms with E-state index in [1.807, 2.05) is 74.6 Å². The van der Waals surface area contributed by atoms with Crippen molar-refractivity contribution in [2.24, 2.45) is 0 Å². The minimum atomic E-state index is -0.958. The third-order valence-electron chi connectivity index (χ3n) is 7.18. The number of aromatic amines is 1. The van der Waals surface area contributed by atoms with E-state index in [4.69, 9.17) is 9.15 Å². The number of furan rings is 1. The average Bonchev–Trinajstić information content (AvgIpc) is 3.54. The van der Waals surface area contributed by atoms with Crippen LogP contribution >= 0.6 is 0 Å². The summed E-state index contributed by atoms with van der Waals surface area (Å²) >= 11 is 0. The van der Waals surface area contributed by atoms with Gasteiger partial charge >= 0.3 is 0 Å². The highest BCUT2D eigenvalue weighted by atomic mass is 16.5. The van der Waals surface area contributed by atoms with Crippen molar-refractivity contribution in [3.05, 3.63) is 83.9 Å². The van der Waals surface area contributed by atoms with Gasteiger partial charge in [-0.2, -0.15) is 0 Å². The van der Waals surface area contributed by atoms with Crippen molar-refractivity contribution in [1.82, 2.24) is 10.3 Å². The third kappa shape index (κ3) is 5.62. The number of aromatic nitrogens is 1. The summed E-state index contributed by atoms with van der Waals surface area (Å²) in [6.07, 6.45) is 7.25. The number of fused-ring (bicyclic) bond motifs is 1. The van der Waals surface area contributed by atoms with E-state index in [-0.39, 0.29) is 24.3 Å². The molecule has 5 rings (SSSR count). The molecule has 2 aromatic carbocycles. The Morgan fingerprint density at radius 2 is 1.89 bits per heavy atom. The molecule has 1 fully saturated rings. The number of nitrogens with zero attached hydrogens (tertiary/aromatic N) is 1. The molecular weight excluding hydrogens is 478 g/mol. The van der Waals surface area contributed by atoms with Gasteiger partial charge < -0.3 is 19.5 Å². The number of nitrogens with one attached hydrogen (secondary N) is 2. The number of benzene rings is 2. The molecule has 1 aliphatic carbocycles. The monoisotopic (exact) mass is 513 g/mol. The summed E-state index contributed by atoms with van der Waals surface area (Å²) < 4.78 is 11.7. The Hall–Kier alpha value is -4.00. The van der Waals surface area contributed by atoms with Crippen LogP contribution in [0.2, 0.25) is 0 Å². The number of rotatable bonds is 9. The molecule has 1 aliphatic rings. The lowest BCUT2D eigenvalue weighted by Gasteiger charge is -2.32. The Kier molecular flexibility index (Phi) is 7.82. The second kappa shape index (κ2) is 11.6. The van der Waals surface area contributed by atoms with Crippen LogP contribution in [0.1, 0.15) is 62.2 Å². The molecule has 2 heterocycles. The van der Waals surface area contributed by atoms with Gasteiger partial charge in [-0.15, -0.1) is 0 Å². The summed E-state index contributed by atoms with van der Waals surface area (Å²) in [6.45, 7) is 4.25. The van der Waals surface area contributed by atoms with Gasteiger partial charge in [-0.1, -0.05) is 43.5 Å². The van der Waals surface area contributed by atoms with Crippen LogP contribution in [0, 0.1) is 6.92 Å². The Balaban J connectivity index is 1.56. The molecule has 0 saturated heterocycles. The fourth-order valence-electron chi connectivity index (χ4n) is 5.35. The Morgan fingerprint density at radius 1 is 1.08 bits per heavy atom. The SMILES string of the molecule is CCOc1cccc(N(C(=O)Cc2c[nH]c3ccccc23)[C@H](C(=O)NC2CCCCC2)c2ccc(C)o2)c1. The maximum atomic E-state index is 14.2. The first-order valence-electron chi connectivity index (χ1n) is 13.5. The summed E-state index contributed by atoms with van der Waals surface area (Å²) in [7, 11) is 0. The summed E-state index contributed by atoms with van der Waals surface area (Å²) in [5, 5.41) is 4.22. The van der Waals surface area contributed by atoms with E-state index in [1.54, 1.807) is 11.0 Å². The van der Waals surface area contributed by atoms with Crippen LogP contribution < -0.4 is 15.0 Å². The maximum Gasteiger partial charge on any atom is 0.251 e. The first-order chi connectivity index (χ1) is 18.5. The zero-order valence-electron chi connectivity index (χ0n) is 22.0. The molecule has 0 radical (unpaired) electrons. The highest BCUT2D eigenvalue weighted by Gasteiger charge is 2.36. The van der Waals surface area contributed by atoms with Gasteiger partial charge in [-0.3, -0.25) is 14.5 Å². The van der Waals surface area contributed by atoms with Crippen LogP contribution in [0.4, 0.5) is 5.69 Å². The van der Waals surface area contributed by atoms with Crippen molar-refractivity contribution in [3.63, 3.8) is 0 Å². The van der Waals surface area contributed by atoms with E-state index in [0.29, 0.717) is 29.6 Å². The highest BCUT2D eigenvalue weighted by molar-refractivity contribution is 6.03. The lowest BCUT2D eigenvalue weighted by Crippen LogP contribution is -2.47. The number of hydrogen-bond acceptors (Lipinski definition) is 4. The Bertz CT molecular complexity index is 1400. The van der Waals surface area contributed by atoms with Gasteiger partial charge in [0.05, 0.1) is 13.0 Å². The van der Waals surface area contributed by atoms with Gasteiger partial charge in [-0.25, -0.2) is 0 Å². The fraction of sp³-hybridized carbons (Fsp3) is 0.355. The normalized spacial score (nSPS) is 14.8. The zero-order valence-corrected chi connectivity index (χ0v) is 22.0. The van der Waals surface area contributed by atoms with Crippen LogP contribution in [-0.2, 0) is 16.0 Å². The minimum Gasteiger partial charge on any atom is -0.494 e. The lowest BCUT2D eigenvalue weighted by molar-refractivity contribution is -0.127. The predicted octanol–water partition coefficient (Wildman–Crippen LogP) is 6.23. The topological polar surface area (TPSA) is 87.6 Å². The molecule has 198 valence electrons. The number of anilines is 1. The number of carbonyl (C=O) groups is 2. The molecule has 4 aromatic rings. The highest BCUT2D eigenvalue weighted by Crippen LogP contribution is 2.33. The van der Waals surface area contributed by atoms with Crippen LogP contribution in [0.25, 0.3) is 10.9 Å². The molecule has 0 aliphatic heterocycles. The van der Waals surface area contributed by atoms with E-state index in [0.717, 1.165) is 42.1 Å². The van der Waals surface area contributed by atoms with Gasteiger partial charge in [0, 0.05) is 34.9 Å². The minimum absolute atomic E-state index is 0.0927. The van der Waals surface area contributed by atoms with Gasteiger partial charge in [-0.05, 0) is 62.6 Å². The molecule has 2 aromatic heterocycles. The van der Waals surface area contributed by atoms with Crippen LogP contribution in [0.3, 0.4) is 0 Å². The van der Waals surface area contributed by atoms with Gasteiger partial charge in [0.1, 0.15) is 17.3 Å². The van der Waals surface area contributed by atoms with E-state index < -0.39 is 6.04 Å². The third-order valence-corrected chi connectivity index (χ3v) is 7.18. The van der Waals surface area contributed by atoms with Crippen molar-refractivity contribution in [1.29, 1.82) is 0 Å². The lowest BCUT2D eigenvalue weighted by atomic mass is 9.95. The number of amides is 2. The van der Waals surface area contributed by atoms with Gasteiger partial charge in [0.2, 0.25) is 5.91 Å². The second-order valence-corrected chi connectivity index (χ2v) is 9.92. The quantitative estimate of drug-likeness (QED) is 0.278. The number of para-hydroxylation sites is 1. The molecule has 2 amide bonds. The number of aryl methyl sites for hydroxylation is 1. The molecular formula is C31H35N3O4. The molecule has 1 saturated carbocycles. The molecule has 2 N–H and O–H groups in total. The van der Waals surface area contributed by atoms with Crippen molar-refractivity contribution in [2.75, 3.05) is 11.5 Å². The van der Waals surface area contributed by atoms with Crippen LogP contribution in [0.15, 0.2) is 71.3 Å². The molecule has 7 heteroatoms. The maximum absolute atomic E-state index is 14.2. The molecule has 0 unspecified atom stereocenters. The Labute approximate surface area is 223 Å². The number of H-pyrrole nitrogens is 1. The predicted molar refractivity (Wildman–Crippen MR) is 148 cm³/mol. The zero-order chi connectivity index (χ0) is 26.5. The van der Waals surface area contributed by atoms with E-state index in [1.165, 1.54) is 6.42 Å². The molecule has 0 bridgehead atoms. The summed E-state index contributed by atoms with van der Waals surface area (Å²) in [5.41, 5.74) is 2.42. The molecule has 38 heavy (non-hydrogen) atoms. The van der Waals surface area contributed by atoms with Crippen molar-refractivity contribution in [2.45, 2.75) is 64.5 Å². The summed E-state index contributed by atoms with van der Waals surface area (Å²) in [4.78, 5) is 33.0. The van der Waals surface area contributed by atoms with Gasteiger partial charge in [0.15, 0.2) is 6.04 Å². The van der Waals surface area contributed by atoms with Crippen molar-refractivity contribution < 1.29 is 18.7 Å². The average molecular weight is 514 g/mol. The number of hydrogen-bond donors (Lipinski definition) is 2. The van der Waals surface area contributed by atoms with E-state index in [9.17, 15) is 9.59 Å². The smallest absolute Gasteiger partial charge is 0.251 e.